The third kappa shape index (κ3) is 6.29. The molecule has 8 aromatic rings. The summed E-state index contributed by atoms with van der Waals surface area (Å²) in [6, 6.07) is 84.7. The van der Waals surface area contributed by atoms with E-state index in [2.05, 4.69) is 243 Å². The van der Waals surface area contributed by atoms with Gasteiger partial charge in [0.1, 0.15) is 11.5 Å². The zero-order valence-electron chi connectivity index (χ0n) is 38.7. The fourth-order valence-electron chi connectivity index (χ4n) is 14.5. The molecule has 0 spiro atoms. The van der Waals surface area contributed by atoms with Crippen LogP contribution in [0.15, 0.2) is 243 Å². The number of fused-ring (bicyclic) bond motifs is 6. The van der Waals surface area contributed by atoms with Gasteiger partial charge in [0.25, 0.3) is 0 Å². The third-order valence-corrected chi connectivity index (χ3v) is 17.2. The van der Waals surface area contributed by atoms with Gasteiger partial charge in [-0.2, -0.15) is 0 Å². The predicted molar refractivity (Wildman–Crippen MR) is 275 cm³/mol. The van der Waals surface area contributed by atoms with Gasteiger partial charge in [-0.3, -0.25) is 0 Å². The summed E-state index contributed by atoms with van der Waals surface area (Å²) in [5.74, 6) is 7.46. The molecule has 0 saturated heterocycles. The minimum absolute atomic E-state index is 0.0117. The quantitative estimate of drug-likeness (QED) is 0.136. The topological polar surface area (TPSA) is 18.5 Å². The van der Waals surface area contributed by atoms with E-state index in [1.807, 2.05) is 14.2 Å². The van der Waals surface area contributed by atoms with Crippen molar-refractivity contribution in [2.75, 3.05) is 14.2 Å². The lowest BCUT2D eigenvalue weighted by Crippen LogP contribution is -2.14. The second kappa shape index (κ2) is 16.3. The van der Waals surface area contributed by atoms with E-state index in [-0.39, 0.29) is 10.8 Å². The highest BCUT2D eigenvalue weighted by atomic mass is 16.5. The second-order valence-corrected chi connectivity index (χ2v) is 20.1. The first kappa shape index (κ1) is 41.1. The lowest BCUT2D eigenvalue weighted by atomic mass is 9.83. The molecule has 10 atom stereocenters. The summed E-state index contributed by atoms with van der Waals surface area (Å²) in [6.07, 6.45) is 4.92. The molecule has 14 rings (SSSR count). The Hall–Kier alpha value is -7.16. The van der Waals surface area contributed by atoms with E-state index in [1.165, 1.54) is 55.6 Å². The van der Waals surface area contributed by atoms with Crippen molar-refractivity contribution in [3.05, 3.63) is 298 Å². The Morgan fingerprint density at radius 3 is 0.868 bits per heavy atom. The molecule has 0 N–H and O–H groups in total. The van der Waals surface area contributed by atoms with Crippen LogP contribution in [-0.4, -0.2) is 14.2 Å². The molecule has 2 heteroatoms. The second-order valence-electron chi connectivity index (χ2n) is 20.1. The monoisotopic (exact) mass is 880 g/mol. The Morgan fingerprint density at radius 2 is 0.574 bits per heavy atom. The average molecular weight is 881 g/mol. The van der Waals surface area contributed by atoms with Crippen LogP contribution in [0.3, 0.4) is 0 Å². The number of hydrogen-bond acceptors (Lipinski definition) is 2. The smallest absolute Gasteiger partial charge is 0.123 e. The van der Waals surface area contributed by atoms with E-state index in [1.54, 1.807) is 0 Å². The highest BCUT2D eigenvalue weighted by Crippen LogP contribution is 2.82. The number of ether oxygens (including phenoxy) is 2. The summed E-state index contributed by atoms with van der Waals surface area (Å²) < 4.78 is 12.0. The molecule has 4 saturated carbocycles. The number of methoxy groups -OCH3 is 2. The van der Waals surface area contributed by atoms with Gasteiger partial charge in [0.2, 0.25) is 0 Å². The summed E-state index contributed by atoms with van der Waals surface area (Å²) in [5.41, 5.74) is 14.1. The molecule has 8 aromatic carbocycles. The Balaban J connectivity index is 0.000000134. The van der Waals surface area contributed by atoms with Gasteiger partial charge >= 0.3 is 0 Å². The molecule has 0 amide bonds. The number of rotatable bonds is 10. The number of allylic oxidation sites excluding steroid dienone is 2. The third-order valence-electron chi connectivity index (χ3n) is 17.2. The van der Waals surface area contributed by atoms with Crippen molar-refractivity contribution in [2.24, 2.45) is 23.7 Å². The van der Waals surface area contributed by atoms with Gasteiger partial charge in [0, 0.05) is 33.8 Å². The SMILES string of the molecule is COC1=C[C@]2(c3ccccc3)[C@H](c3ccccc31)[C@H]2C1[C@H](c2ccccc2)[C@H]1c1ccccc1.COC1=C[C@]2(c3ccccc3)[C@H](c3ccccc31)[C@H]2C1[C@H](c2ccccc2)[C@H]1c1ccccc1. The Labute approximate surface area is 401 Å². The van der Waals surface area contributed by atoms with Crippen LogP contribution in [0.1, 0.15) is 91.1 Å². The minimum atomic E-state index is -0.0117. The normalized spacial score (nSPS) is 30.5. The van der Waals surface area contributed by atoms with Gasteiger partial charge in [-0.05, 0) is 104 Å². The average Bonchev–Trinajstić information content (AvgIpc) is 4.31. The first-order valence-electron chi connectivity index (χ1n) is 24.7. The number of hydrogen-bond donors (Lipinski definition) is 0. The molecular weight excluding hydrogens is 825 g/mol. The standard InChI is InChI=1S/2C33H28O/c2*1-34-27-21-33(24-17-9-4-10-18-24)31(26-20-12-11-19-25(26)27)32(33)30-28(22-13-5-2-6-14-22)29(30)23-15-7-3-8-16-23/h2*2-21,28-32H,1H3/t2*28-,29-,31-,32-,33+/m11/s1. The molecule has 0 aromatic heterocycles. The van der Waals surface area contributed by atoms with Crippen molar-refractivity contribution in [1.29, 1.82) is 0 Å². The van der Waals surface area contributed by atoms with Crippen molar-refractivity contribution in [3.63, 3.8) is 0 Å². The van der Waals surface area contributed by atoms with E-state index in [9.17, 15) is 0 Å². The Morgan fingerprint density at radius 1 is 0.309 bits per heavy atom. The molecule has 0 radical (unpaired) electrons. The molecule has 4 fully saturated rings. The highest BCUT2D eigenvalue weighted by Gasteiger charge is 2.77. The summed E-state index contributed by atoms with van der Waals surface area (Å²) >= 11 is 0. The molecule has 2 nitrogen and oxygen atoms in total. The van der Waals surface area contributed by atoms with Gasteiger partial charge in [0.15, 0.2) is 0 Å². The molecule has 6 aliphatic rings. The van der Waals surface area contributed by atoms with Gasteiger partial charge in [-0.15, -0.1) is 0 Å². The van der Waals surface area contributed by atoms with Crippen molar-refractivity contribution in [3.8, 4) is 0 Å². The van der Waals surface area contributed by atoms with Gasteiger partial charge < -0.3 is 9.47 Å². The van der Waals surface area contributed by atoms with E-state index in [0.717, 1.165) is 11.5 Å². The summed E-state index contributed by atoms with van der Waals surface area (Å²) in [7, 11) is 3.63. The zero-order chi connectivity index (χ0) is 45.4. The fraction of sp³-hybridized carbons (Fsp3) is 0.212. The molecule has 332 valence electrons. The lowest BCUT2D eigenvalue weighted by molar-refractivity contribution is 0.364. The van der Waals surface area contributed by atoms with Crippen molar-refractivity contribution < 1.29 is 9.47 Å². The van der Waals surface area contributed by atoms with Crippen molar-refractivity contribution >= 4 is 11.5 Å². The van der Waals surface area contributed by atoms with Crippen LogP contribution in [0.25, 0.3) is 11.5 Å². The van der Waals surface area contributed by atoms with E-state index in [4.69, 9.17) is 9.47 Å². The summed E-state index contributed by atoms with van der Waals surface area (Å²) in [5, 5.41) is 0. The number of benzene rings is 8. The minimum Gasteiger partial charge on any atom is -0.496 e. The van der Waals surface area contributed by atoms with E-state index < -0.39 is 0 Å². The van der Waals surface area contributed by atoms with E-state index >= 15 is 0 Å². The lowest BCUT2D eigenvalue weighted by Gasteiger charge is -2.23. The maximum Gasteiger partial charge on any atom is 0.123 e. The van der Waals surface area contributed by atoms with Gasteiger partial charge in [-0.25, -0.2) is 0 Å². The van der Waals surface area contributed by atoms with E-state index in [0.29, 0.717) is 59.2 Å². The molecular formula is C66H56O2. The first-order valence-corrected chi connectivity index (χ1v) is 24.7. The largest absolute Gasteiger partial charge is 0.496 e. The van der Waals surface area contributed by atoms with Crippen LogP contribution in [0, 0.1) is 23.7 Å². The first-order chi connectivity index (χ1) is 33.7. The van der Waals surface area contributed by atoms with Crippen LogP contribution in [0.2, 0.25) is 0 Å². The van der Waals surface area contributed by atoms with Crippen LogP contribution < -0.4 is 0 Å². The van der Waals surface area contributed by atoms with Crippen LogP contribution in [-0.2, 0) is 20.3 Å². The van der Waals surface area contributed by atoms with Crippen LogP contribution in [0.5, 0.6) is 0 Å². The Bertz CT molecular complexity index is 2840. The molecule has 0 heterocycles. The van der Waals surface area contributed by atoms with Gasteiger partial charge in [0.05, 0.1) is 14.2 Å². The Kier molecular flexibility index (Phi) is 9.83. The summed E-state index contributed by atoms with van der Waals surface area (Å²) in [6.45, 7) is 0. The molecule has 0 unspecified atom stereocenters. The molecule has 6 aliphatic carbocycles. The maximum absolute atomic E-state index is 5.99. The molecule has 68 heavy (non-hydrogen) atoms. The van der Waals surface area contributed by atoms with Crippen LogP contribution in [0.4, 0.5) is 0 Å². The van der Waals surface area contributed by atoms with Crippen molar-refractivity contribution in [2.45, 2.75) is 46.3 Å². The zero-order valence-corrected chi connectivity index (χ0v) is 38.7. The van der Waals surface area contributed by atoms with Gasteiger partial charge in [-0.1, -0.05) is 231 Å². The maximum atomic E-state index is 5.99. The predicted octanol–water partition coefficient (Wildman–Crippen LogP) is 15.1. The van der Waals surface area contributed by atoms with Crippen LogP contribution >= 0.6 is 0 Å². The van der Waals surface area contributed by atoms with Crippen molar-refractivity contribution in [1.82, 2.24) is 0 Å². The summed E-state index contributed by atoms with van der Waals surface area (Å²) in [4.78, 5) is 0. The fourth-order valence-corrected chi connectivity index (χ4v) is 14.5. The molecule has 0 bridgehead atoms. The molecule has 0 aliphatic heterocycles. The highest BCUT2D eigenvalue weighted by molar-refractivity contribution is 5.76.